The van der Waals surface area contributed by atoms with Crippen molar-refractivity contribution in [1.29, 1.82) is 0 Å². The molecule has 1 aliphatic carbocycles. The van der Waals surface area contributed by atoms with Crippen LogP contribution in [0.1, 0.15) is 57.1 Å². The molecule has 4 heteroatoms. The third-order valence-corrected chi connectivity index (χ3v) is 5.83. The number of nitrogens with one attached hydrogen (secondary N) is 1. The fourth-order valence-corrected chi connectivity index (χ4v) is 3.98. The van der Waals surface area contributed by atoms with Crippen molar-refractivity contribution >= 4 is 5.91 Å². The maximum Gasteiger partial charge on any atom is 0.260 e. The number of likely N-dealkylation sites (tertiary alicyclic amines) is 1. The zero-order valence-electron chi connectivity index (χ0n) is 16.4. The summed E-state index contributed by atoms with van der Waals surface area (Å²) in [6.45, 7) is 8.37. The Morgan fingerprint density at radius 2 is 1.96 bits per heavy atom. The van der Waals surface area contributed by atoms with Gasteiger partial charge in [-0.1, -0.05) is 13.0 Å². The minimum atomic E-state index is -0.451. The Kier molecular flexibility index (Phi) is 6.95. The predicted molar refractivity (Wildman–Crippen MR) is 106 cm³/mol. The van der Waals surface area contributed by atoms with Crippen LogP contribution in [0, 0.1) is 5.92 Å². The van der Waals surface area contributed by atoms with E-state index in [9.17, 15) is 4.79 Å². The lowest BCUT2D eigenvalue weighted by molar-refractivity contribution is -0.127. The predicted octanol–water partition coefficient (Wildman–Crippen LogP) is 3.57. The molecule has 2 aliphatic rings. The number of piperidine rings is 1. The van der Waals surface area contributed by atoms with E-state index in [-0.39, 0.29) is 5.91 Å². The van der Waals surface area contributed by atoms with Gasteiger partial charge in [-0.05, 0) is 101 Å². The first-order valence-corrected chi connectivity index (χ1v) is 10.4. The Labute approximate surface area is 158 Å². The number of amides is 1. The van der Waals surface area contributed by atoms with Crippen LogP contribution in [0.2, 0.25) is 0 Å². The molecule has 1 N–H and O–H groups in total. The average molecular weight is 359 g/mol. The van der Waals surface area contributed by atoms with Crippen LogP contribution in [0.15, 0.2) is 18.2 Å². The van der Waals surface area contributed by atoms with Gasteiger partial charge in [0.15, 0.2) is 6.10 Å². The van der Waals surface area contributed by atoms with E-state index in [0.717, 1.165) is 37.6 Å². The monoisotopic (exact) mass is 358 g/mol. The first kappa shape index (κ1) is 19.2. The van der Waals surface area contributed by atoms with E-state index in [4.69, 9.17) is 4.74 Å². The van der Waals surface area contributed by atoms with Gasteiger partial charge in [-0.15, -0.1) is 0 Å². The molecule has 0 aromatic heterocycles. The van der Waals surface area contributed by atoms with Crippen LogP contribution in [0.25, 0.3) is 0 Å². The first-order valence-electron chi connectivity index (χ1n) is 10.4. The van der Waals surface area contributed by atoms with Crippen molar-refractivity contribution in [3.63, 3.8) is 0 Å². The van der Waals surface area contributed by atoms with Gasteiger partial charge in [0, 0.05) is 6.54 Å². The third-order valence-electron chi connectivity index (χ3n) is 5.83. The van der Waals surface area contributed by atoms with Crippen molar-refractivity contribution in [2.45, 2.75) is 64.9 Å². The van der Waals surface area contributed by atoms with Crippen LogP contribution in [0.5, 0.6) is 5.75 Å². The smallest absolute Gasteiger partial charge is 0.260 e. The van der Waals surface area contributed by atoms with Gasteiger partial charge in [0.2, 0.25) is 0 Å². The van der Waals surface area contributed by atoms with Crippen LogP contribution in [-0.4, -0.2) is 43.1 Å². The molecule has 1 saturated heterocycles. The number of carbonyl (C=O) groups excluding carboxylic acids is 1. The summed E-state index contributed by atoms with van der Waals surface area (Å²) in [6, 6.07) is 6.29. The molecule has 0 saturated carbocycles. The quantitative estimate of drug-likeness (QED) is 0.758. The summed E-state index contributed by atoms with van der Waals surface area (Å²) in [7, 11) is 0. The van der Waals surface area contributed by atoms with E-state index in [0.29, 0.717) is 0 Å². The highest BCUT2D eigenvalue weighted by molar-refractivity contribution is 5.80. The van der Waals surface area contributed by atoms with Gasteiger partial charge in [-0.2, -0.15) is 0 Å². The van der Waals surface area contributed by atoms with Crippen LogP contribution in [0.4, 0.5) is 0 Å². The van der Waals surface area contributed by atoms with Crippen LogP contribution >= 0.6 is 0 Å². The lowest BCUT2D eigenvalue weighted by Crippen LogP contribution is -2.39. The molecule has 1 fully saturated rings. The number of rotatable bonds is 7. The van der Waals surface area contributed by atoms with Crippen molar-refractivity contribution in [3.05, 3.63) is 29.3 Å². The molecule has 1 aromatic rings. The van der Waals surface area contributed by atoms with Gasteiger partial charge in [-0.25, -0.2) is 0 Å². The van der Waals surface area contributed by atoms with Crippen LogP contribution < -0.4 is 10.1 Å². The van der Waals surface area contributed by atoms with Gasteiger partial charge >= 0.3 is 0 Å². The second-order valence-corrected chi connectivity index (χ2v) is 8.07. The standard InChI is InChI=1S/C22H34N2O2/c1-17-10-14-24(15-11-17)13-5-12-23-22(25)18(2)26-21-9-8-19-6-3-4-7-20(19)16-21/h8-9,16-18H,3-7,10-15H2,1-2H3,(H,23,25)/t18-/m0/s1. The molecule has 0 spiro atoms. The molecule has 3 rings (SSSR count). The minimum Gasteiger partial charge on any atom is -0.481 e. The van der Waals surface area contributed by atoms with Crippen molar-refractivity contribution < 1.29 is 9.53 Å². The number of benzene rings is 1. The number of hydrogen-bond donors (Lipinski definition) is 1. The molecule has 1 atom stereocenters. The third kappa shape index (κ3) is 5.47. The Balaban J connectivity index is 1.36. The number of carbonyl (C=O) groups is 1. The van der Waals surface area contributed by atoms with Crippen molar-refractivity contribution in [2.75, 3.05) is 26.2 Å². The maximum absolute atomic E-state index is 12.3. The zero-order valence-corrected chi connectivity index (χ0v) is 16.4. The molecule has 144 valence electrons. The summed E-state index contributed by atoms with van der Waals surface area (Å²) >= 11 is 0. The molecule has 1 aliphatic heterocycles. The summed E-state index contributed by atoms with van der Waals surface area (Å²) in [5, 5.41) is 3.02. The summed E-state index contributed by atoms with van der Waals surface area (Å²) in [6.07, 6.45) is 7.99. The number of ether oxygens (including phenoxy) is 1. The Hall–Kier alpha value is -1.55. The normalized spacial score (nSPS) is 19.6. The second kappa shape index (κ2) is 9.40. The largest absolute Gasteiger partial charge is 0.481 e. The molecule has 0 bridgehead atoms. The Morgan fingerprint density at radius 3 is 2.73 bits per heavy atom. The average Bonchev–Trinajstić information content (AvgIpc) is 2.66. The van der Waals surface area contributed by atoms with E-state index in [2.05, 4.69) is 29.3 Å². The van der Waals surface area contributed by atoms with E-state index in [1.54, 1.807) is 0 Å². The van der Waals surface area contributed by atoms with Gasteiger partial charge < -0.3 is 15.0 Å². The number of fused-ring (bicyclic) bond motifs is 1. The molecule has 26 heavy (non-hydrogen) atoms. The van der Waals surface area contributed by atoms with Crippen LogP contribution in [-0.2, 0) is 17.6 Å². The van der Waals surface area contributed by atoms with E-state index < -0.39 is 6.10 Å². The summed E-state index contributed by atoms with van der Waals surface area (Å²) in [4.78, 5) is 14.8. The van der Waals surface area contributed by atoms with Crippen molar-refractivity contribution in [1.82, 2.24) is 10.2 Å². The van der Waals surface area contributed by atoms with Crippen molar-refractivity contribution in [2.24, 2.45) is 5.92 Å². The van der Waals surface area contributed by atoms with Gasteiger partial charge in [-0.3, -0.25) is 4.79 Å². The maximum atomic E-state index is 12.3. The Bertz CT molecular complexity index is 594. The van der Waals surface area contributed by atoms with Gasteiger partial charge in [0.25, 0.3) is 5.91 Å². The lowest BCUT2D eigenvalue weighted by atomic mass is 9.92. The molecule has 0 radical (unpaired) electrons. The molecule has 1 aromatic carbocycles. The molecular weight excluding hydrogens is 324 g/mol. The molecular formula is C22H34N2O2. The highest BCUT2D eigenvalue weighted by atomic mass is 16.5. The highest BCUT2D eigenvalue weighted by Crippen LogP contribution is 2.25. The minimum absolute atomic E-state index is 0.0185. The lowest BCUT2D eigenvalue weighted by Gasteiger charge is -2.30. The van der Waals surface area contributed by atoms with E-state index >= 15 is 0 Å². The highest BCUT2D eigenvalue weighted by Gasteiger charge is 2.17. The number of aryl methyl sites for hydroxylation is 2. The second-order valence-electron chi connectivity index (χ2n) is 8.07. The summed E-state index contributed by atoms with van der Waals surface area (Å²) in [5.74, 6) is 1.67. The SMILES string of the molecule is CC1CCN(CCCNC(=O)[C@H](C)Oc2ccc3c(c2)CCCC3)CC1. The van der Waals surface area contributed by atoms with Gasteiger partial charge in [0.05, 0.1) is 0 Å². The summed E-state index contributed by atoms with van der Waals surface area (Å²) in [5.41, 5.74) is 2.82. The summed E-state index contributed by atoms with van der Waals surface area (Å²) < 4.78 is 5.88. The van der Waals surface area contributed by atoms with Gasteiger partial charge in [0.1, 0.15) is 5.75 Å². The molecule has 1 amide bonds. The van der Waals surface area contributed by atoms with E-state index in [1.165, 1.54) is 56.3 Å². The fraction of sp³-hybridized carbons (Fsp3) is 0.682. The fourth-order valence-electron chi connectivity index (χ4n) is 3.98. The van der Waals surface area contributed by atoms with Crippen molar-refractivity contribution in [3.8, 4) is 5.75 Å². The van der Waals surface area contributed by atoms with E-state index in [1.807, 2.05) is 13.0 Å². The number of hydrogen-bond acceptors (Lipinski definition) is 3. The first-order chi connectivity index (χ1) is 12.6. The topological polar surface area (TPSA) is 41.6 Å². The zero-order chi connectivity index (χ0) is 18.4. The molecule has 0 unspecified atom stereocenters. The Morgan fingerprint density at radius 1 is 1.23 bits per heavy atom. The molecule has 4 nitrogen and oxygen atoms in total. The molecule has 1 heterocycles. The van der Waals surface area contributed by atoms with Crippen LogP contribution in [0.3, 0.4) is 0 Å². The number of nitrogens with zero attached hydrogens (tertiary/aromatic N) is 1.